The van der Waals surface area contributed by atoms with Gasteiger partial charge in [-0.2, -0.15) is 0 Å². The van der Waals surface area contributed by atoms with Gasteiger partial charge in [0, 0.05) is 34.2 Å². The van der Waals surface area contributed by atoms with Crippen LogP contribution < -0.4 is 5.32 Å². The van der Waals surface area contributed by atoms with E-state index in [1.807, 2.05) is 6.92 Å². The van der Waals surface area contributed by atoms with Crippen molar-refractivity contribution >= 4 is 27.3 Å². The Bertz CT molecular complexity index is 560. The highest BCUT2D eigenvalue weighted by Gasteiger charge is 2.49. The summed E-state index contributed by atoms with van der Waals surface area (Å²) in [5.41, 5.74) is 1.56. The third kappa shape index (κ3) is 3.06. The van der Waals surface area contributed by atoms with E-state index in [0.29, 0.717) is 12.2 Å². The van der Waals surface area contributed by atoms with Crippen LogP contribution >= 0.6 is 15.9 Å². The minimum Gasteiger partial charge on any atom is -0.380 e. The molecule has 0 aliphatic heterocycles. The summed E-state index contributed by atoms with van der Waals surface area (Å²) < 4.78 is 6.56. The van der Waals surface area contributed by atoms with Gasteiger partial charge in [0.05, 0.1) is 16.7 Å². The highest BCUT2D eigenvalue weighted by Crippen LogP contribution is 2.45. The maximum atomic E-state index is 11.1. The van der Waals surface area contributed by atoms with E-state index >= 15 is 0 Å². The zero-order chi connectivity index (χ0) is 15.8. The molecule has 0 aromatic heterocycles. The van der Waals surface area contributed by atoms with Crippen molar-refractivity contribution in [1.29, 1.82) is 0 Å². The molecule has 21 heavy (non-hydrogen) atoms. The van der Waals surface area contributed by atoms with Crippen LogP contribution in [0.1, 0.15) is 32.8 Å². The fourth-order valence-electron chi connectivity index (χ4n) is 2.77. The average molecular weight is 357 g/mol. The highest BCUT2D eigenvalue weighted by atomic mass is 79.9. The number of nitro benzene ring substituents is 1. The predicted octanol–water partition coefficient (Wildman–Crippen LogP) is 4.28. The topological polar surface area (TPSA) is 64.4 Å². The van der Waals surface area contributed by atoms with E-state index in [4.69, 9.17) is 4.74 Å². The number of anilines is 1. The molecule has 1 fully saturated rings. The smallest absolute Gasteiger partial charge is 0.274 e. The van der Waals surface area contributed by atoms with Gasteiger partial charge in [-0.1, -0.05) is 13.8 Å². The summed E-state index contributed by atoms with van der Waals surface area (Å²) in [5, 5.41) is 14.5. The number of nitro groups is 1. The van der Waals surface area contributed by atoms with Crippen molar-refractivity contribution in [1.82, 2.24) is 0 Å². The lowest BCUT2D eigenvalue weighted by Crippen LogP contribution is -2.58. The summed E-state index contributed by atoms with van der Waals surface area (Å²) in [6.07, 6.45) is 1.15. The molecule has 1 aliphatic rings. The van der Waals surface area contributed by atoms with Crippen LogP contribution in [0.5, 0.6) is 0 Å². The van der Waals surface area contributed by atoms with Crippen LogP contribution in [0.25, 0.3) is 0 Å². The van der Waals surface area contributed by atoms with Gasteiger partial charge in [0.1, 0.15) is 0 Å². The molecule has 1 saturated carbocycles. The van der Waals surface area contributed by atoms with Gasteiger partial charge in [0.2, 0.25) is 0 Å². The number of hydrogen-bond donors (Lipinski definition) is 1. The van der Waals surface area contributed by atoms with E-state index in [0.717, 1.165) is 16.6 Å². The van der Waals surface area contributed by atoms with Crippen molar-refractivity contribution in [3.63, 3.8) is 0 Å². The van der Waals surface area contributed by atoms with E-state index in [-0.39, 0.29) is 28.2 Å². The number of nitrogens with one attached hydrogen (secondary N) is 1. The molecule has 0 radical (unpaired) electrons. The van der Waals surface area contributed by atoms with Gasteiger partial charge in [-0.3, -0.25) is 10.1 Å². The Morgan fingerprint density at radius 1 is 1.52 bits per heavy atom. The van der Waals surface area contributed by atoms with Crippen molar-refractivity contribution < 1.29 is 9.66 Å². The SMILES string of the molecule is CCOC1CC(Nc2cc([N+](=O)[O-])c(C)cc2Br)C1(C)C. The first-order valence-electron chi connectivity index (χ1n) is 7.10. The Balaban J connectivity index is 2.18. The second kappa shape index (κ2) is 5.93. The minimum absolute atomic E-state index is 0.00904. The lowest BCUT2D eigenvalue weighted by atomic mass is 9.64. The lowest BCUT2D eigenvalue weighted by molar-refractivity contribution is -0.385. The normalized spacial score (nSPS) is 23.5. The van der Waals surface area contributed by atoms with E-state index in [2.05, 4.69) is 35.1 Å². The molecule has 1 aromatic rings. The maximum Gasteiger partial charge on any atom is 0.274 e. The summed E-state index contributed by atoms with van der Waals surface area (Å²) in [6.45, 7) is 8.76. The molecule has 1 aliphatic carbocycles. The fourth-order valence-corrected chi connectivity index (χ4v) is 3.34. The average Bonchev–Trinajstić information content (AvgIpc) is 2.39. The van der Waals surface area contributed by atoms with Crippen LogP contribution in [0.15, 0.2) is 16.6 Å². The first-order valence-corrected chi connectivity index (χ1v) is 7.89. The van der Waals surface area contributed by atoms with Crippen LogP contribution in [0.2, 0.25) is 0 Å². The molecule has 5 nitrogen and oxygen atoms in total. The predicted molar refractivity (Wildman–Crippen MR) is 86.8 cm³/mol. The van der Waals surface area contributed by atoms with Crippen LogP contribution in [-0.2, 0) is 4.74 Å². The molecule has 0 bridgehead atoms. The Morgan fingerprint density at radius 3 is 2.71 bits per heavy atom. The van der Waals surface area contributed by atoms with Crippen molar-refractivity contribution in [2.75, 3.05) is 11.9 Å². The van der Waals surface area contributed by atoms with Gasteiger partial charge in [-0.05, 0) is 42.3 Å². The summed E-state index contributed by atoms with van der Waals surface area (Å²) in [4.78, 5) is 10.7. The quantitative estimate of drug-likeness (QED) is 0.631. The van der Waals surface area contributed by atoms with Crippen molar-refractivity contribution in [2.24, 2.45) is 5.41 Å². The number of rotatable bonds is 5. The number of ether oxygens (including phenoxy) is 1. The molecule has 2 unspecified atom stereocenters. The largest absolute Gasteiger partial charge is 0.380 e. The standard InChI is InChI=1S/C15H21BrN2O3/c1-5-21-14-8-13(15(14,3)4)17-11-7-12(18(19)20)9(2)6-10(11)16/h6-7,13-14,17H,5,8H2,1-4H3. The number of hydrogen-bond acceptors (Lipinski definition) is 4. The Morgan fingerprint density at radius 2 is 2.19 bits per heavy atom. The summed E-state index contributed by atoms with van der Waals surface area (Å²) in [6, 6.07) is 3.63. The highest BCUT2D eigenvalue weighted by molar-refractivity contribution is 9.10. The molecule has 6 heteroatoms. The summed E-state index contributed by atoms with van der Waals surface area (Å²) >= 11 is 3.48. The lowest BCUT2D eigenvalue weighted by Gasteiger charge is -2.52. The van der Waals surface area contributed by atoms with Crippen molar-refractivity contribution in [3.8, 4) is 0 Å². The van der Waals surface area contributed by atoms with Gasteiger partial charge in [0.25, 0.3) is 5.69 Å². The monoisotopic (exact) mass is 356 g/mol. The van der Waals surface area contributed by atoms with E-state index < -0.39 is 0 Å². The Hall–Kier alpha value is -1.14. The van der Waals surface area contributed by atoms with Crippen molar-refractivity contribution in [3.05, 3.63) is 32.3 Å². The summed E-state index contributed by atoms with van der Waals surface area (Å²) in [5.74, 6) is 0. The van der Waals surface area contributed by atoms with Crippen LogP contribution in [-0.4, -0.2) is 23.7 Å². The summed E-state index contributed by atoms with van der Waals surface area (Å²) in [7, 11) is 0. The molecule has 0 heterocycles. The van der Waals surface area contributed by atoms with E-state index in [9.17, 15) is 10.1 Å². The molecular weight excluding hydrogens is 336 g/mol. The molecule has 2 atom stereocenters. The Kier molecular flexibility index (Phi) is 4.58. The van der Waals surface area contributed by atoms with Gasteiger partial charge in [-0.15, -0.1) is 0 Å². The van der Waals surface area contributed by atoms with E-state index in [1.54, 1.807) is 19.1 Å². The second-order valence-electron chi connectivity index (χ2n) is 6.07. The molecule has 0 amide bonds. The third-order valence-electron chi connectivity index (χ3n) is 4.36. The zero-order valence-corrected chi connectivity index (χ0v) is 14.4. The van der Waals surface area contributed by atoms with Crippen LogP contribution in [0.3, 0.4) is 0 Å². The molecule has 1 aromatic carbocycles. The number of halogens is 1. The zero-order valence-electron chi connectivity index (χ0n) is 12.8. The first-order chi connectivity index (χ1) is 9.77. The van der Waals surface area contributed by atoms with Crippen molar-refractivity contribution in [2.45, 2.75) is 46.3 Å². The molecule has 0 saturated heterocycles. The Labute approximate surface area is 133 Å². The molecule has 0 spiro atoms. The molecule has 116 valence electrons. The molecule has 2 rings (SSSR count). The number of benzene rings is 1. The first kappa shape index (κ1) is 16.2. The fraction of sp³-hybridized carbons (Fsp3) is 0.600. The third-order valence-corrected chi connectivity index (χ3v) is 5.01. The molecule has 1 N–H and O–H groups in total. The minimum atomic E-state index is -0.345. The van der Waals surface area contributed by atoms with Crippen LogP contribution in [0, 0.1) is 22.5 Å². The van der Waals surface area contributed by atoms with Gasteiger partial charge < -0.3 is 10.1 Å². The number of aryl methyl sites for hydroxylation is 1. The molecular formula is C15H21BrN2O3. The van der Waals surface area contributed by atoms with Gasteiger partial charge in [0.15, 0.2) is 0 Å². The van der Waals surface area contributed by atoms with E-state index in [1.165, 1.54) is 0 Å². The number of nitrogens with zero attached hydrogens (tertiary/aromatic N) is 1. The van der Waals surface area contributed by atoms with Crippen LogP contribution in [0.4, 0.5) is 11.4 Å². The van der Waals surface area contributed by atoms with Gasteiger partial charge >= 0.3 is 0 Å². The maximum absolute atomic E-state index is 11.1. The second-order valence-corrected chi connectivity index (χ2v) is 6.93. The van der Waals surface area contributed by atoms with Gasteiger partial charge in [-0.25, -0.2) is 0 Å².